The van der Waals surface area contributed by atoms with Gasteiger partial charge in [0, 0.05) is 12.1 Å². The van der Waals surface area contributed by atoms with Crippen LogP contribution in [0.1, 0.15) is 48.7 Å². The number of carbonyl (C=O) groups is 1. The zero-order chi connectivity index (χ0) is 17.6. The number of benzene rings is 2. The van der Waals surface area contributed by atoms with Gasteiger partial charge in [-0.1, -0.05) is 45.0 Å². The maximum Gasteiger partial charge on any atom is 0.251 e. The number of rotatable bonds is 6. The molecule has 0 bridgehead atoms. The third kappa shape index (κ3) is 5.12. The Bertz CT molecular complexity index is 669. The summed E-state index contributed by atoms with van der Waals surface area (Å²) in [6.45, 7) is 7.17. The Balaban J connectivity index is 1.80. The number of amides is 1. The van der Waals surface area contributed by atoms with E-state index in [9.17, 15) is 4.79 Å². The van der Waals surface area contributed by atoms with Gasteiger partial charge in [-0.05, 0) is 53.6 Å². The van der Waals surface area contributed by atoms with E-state index in [1.165, 1.54) is 11.1 Å². The summed E-state index contributed by atoms with van der Waals surface area (Å²) in [4.78, 5) is 12.2. The van der Waals surface area contributed by atoms with Crippen molar-refractivity contribution in [3.05, 3.63) is 65.2 Å². The van der Waals surface area contributed by atoms with Crippen molar-refractivity contribution in [1.29, 1.82) is 0 Å². The van der Waals surface area contributed by atoms with E-state index in [0.717, 1.165) is 18.6 Å². The molecule has 0 saturated carbocycles. The highest BCUT2D eigenvalue weighted by molar-refractivity contribution is 5.94. The molecular formula is C21H27NO2. The topological polar surface area (TPSA) is 38.3 Å². The van der Waals surface area contributed by atoms with E-state index >= 15 is 0 Å². The molecule has 0 unspecified atom stereocenters. The van der Waals surface area contributed by atoms with Crippen molar-refractivity contribution in [3.8, 4) is 5.75 Å². The maximum atomic E-state index is 12.2. The van der Waals surface area contributed by atoms with Crippen molar-refractivity contribution in [1.82, 2.24) is 5.32 Å². The molecule has 3 nitrogen and oxygen atoms in total. The number of hydrogen-bond donors (Lipinski definition) is 1. The smallest absolute Gasteiger partial charge is 0.251 e. The fourth-order valence-corrected chi connectivity index (χ4v) is 2.55. The minimum absolute atomic E-state index is 0.0129. The molecule has 0 atom stereocenters. The quantitative estimate of drug-likeness (QED) is 0.802. The van der Waals surface area contributed by atoms with Crippen LogP contribution in [0.25, 0.3) is 0 Å². The van der Waals surface area contributed by atoms with Crippen LogP contribution in [0.5, 0.6) is 5.75 Å². The molecular weight excluding hydrogens is 298 g/mol. The van der Waals surface area contributed by atoms with E-state index in [-0.39, 0.29) is 11.3 Å². The maximum absolute atomic E-state index is 12.2. The monoisotopic (exact) mass is 325 g/mol. The number of hydrogen-bond acceptors (Lipinski definition) is 2. The van der Waals surface area contributed by atoms with Crippen LogP contribution in [0.4, 0.5) is 0 Å². The molecule has 2 aromatic carbocycles. The Morgan fingerprint density at radius 3 is 2.42 bits per heavy atom. The lowest BCUT2D eigenvalue weighted by Gasteiger charge is -2.19. The van der Waals surface area contributed by atoms with Crippen molar-refractivity contribution in [2.75, 3.05) is 13.7 Å². The molecule has 24 heavy (non-hydrogen) atoms. The molecule has 2 rings (SSSR count). The summed E-state index contributed by atoms with van der Waals surface area (Å²) in [6, 6.07) is 15.9. The highest BCUT2D eigenvalue weighted by Crippen LogP contribution is 2.22. The minimum atomic E-state index is -0.0129. The number of carbonyl (C=O) groups excluding carboxylic acids is 1. The fraction of sp³-hybridized carbons (Fsp3) is 0.381. The first-order valence-corrected chi connectivity index (χ1v) is 8.42. The van der Waals surface area contributed by atoms with Crippen molar-refractivity contribution in [3.63, 3.8) is 0 Å². The second kappa shape index (κ2) is 8.00. The Hall–Kier alpha value is -2.29. The van der Waals surface area contributed by atoms with Gasteiger partial charge in [0.15, 0.2) is 0 Å². The molecule has 1 amide bonds. The van der Waals surface area contributed by atoms with Crippen LogP contribution in [0.2, 0.25) is 0 Å². The van der Waals surface area contributed by atoms with Gasteiger partial charge in [-0.3, -0.25) is 4.79 Å². The highest BCUT2D eigenvalue weighted by atomic mass is 16.5. The second-order valence-corrected chi connectivity index (χ2v) is 7.04. The van der Waals surface area contributed by atoms with Gasteiger partial charge >= 0.3 is 0 Å². The van der Waals surface area contributed by atoms with Crippen molar-refractivity contribution >= 4 is 5.91 Å². The van der Waals surface area contributed by atoms with E-state index in [4.69, 9.17) is 4.74 Å². The summed E-state index contributed by atoms with van der Waals surface area (Å²) in [5.41, 5.74) is 3.27. The number of nitrogens with one attached hydrogen (secondary N) is 1. The van der Waals surface area contributed by atoms with E-state index in [2.05, 4.69) is 32.2 Å². The molecule has 0 aliphatic carbocycles. The predicted molar refractivity (Wildman–Crippen MR) is 98.8 cm³/mol. The Kier molecular flexibility index (Phi) is 6.02. The highest BCUT2D eigenvalue weighted by Gasteiger charge is 2.14. The first-order chi connectivity index (χ1) is 11.4. The third-order valence-corrected chi connectivity index (χ3v) is 4.08. The molecule has 0 aliphatic heterocycles. The Morgan fingerprint density at radius 1 is 1.08 bits per heavy atom. The average molecular weight is 325 g/mol. The van der Waals surface area contributed by atoms with E-state index in [1.54, 1.807) is 7.11 Å². The average Bonchev–Trinajstić information content (AvgIpc) is 2.58. The third-order valence-electron chi connectivity index (χ3n) is 4.08. The second-order valence-electron chi connectivity index (χ2n) is 7.04. The summed E-state index contributed by atoms with van der Waals surface area (Å²) in [5, 5.41) is 2.99. The van der Waals surface area contributed by atoms with E-state index in [0.29, 0.717) is 12.1 Å². The fourth-order valence-electron chi connectivity index (χ4n) is 2.55. The molecule has 0 spiro atoms. The molecule has 2 aromatic rings. The van der Waals surface area contributed by atoms with Crippen molar-refractivity contribution < 1.29 is 9.53 Å². The van der Waals surface area contributed by atoms with Gasteiger partial charge < -0.3 is 10.1 Å². The van der Waals surface area contributed by atoms with Gasteiger partial charge in [0.25, 0.3) is 5.91 Å². The predicted octanol–water partition coefficient (Wildman–Crippen LogP) is 4.36. The van der Waals surface area contributed by atoms with Crippen LogP contribution >= 0.6 is 0 Å². The number of ether oxygens (including phenoxy) is 1. The number of aryl methyl sites for hydroxylation is 1. The largest absolute Gasteiger partial charge is 0.497 e. The molecule has 0 saturated heterocycles. The molecule has 0 radical (unpaired) electrons. The molecule has 3 heteroatoms. The SMILES string of the molecule is COc1cccc(CCCNC(=O)c2ccc(C(C)(C)C)cc2)c1. The van der Waals surface area contributed by atoms with Crippen LogP contribution in [0.15, 0.2) is 48.5 Å². The molecule has 0 aliphatic rings. The van der Waals surface area contributed by atoms with Gasteiger partial charge in [-0.2, -0.15) is 0 Å². The molecule has 1 N–H and O–H groups in total. The van der Waals surface area contributed by atoms with Gasteiger partial charge in [0.05, 0.1) is 7.11 Å². The number of methoxy groups -OCH3 is 1. The van der Waals surface area contributed by atoms with E-state index in [1.807, 2.05) is 42.5 Å². The first-order valence-electron chi connectivity index (χ1n) is 8.42. The van der Waals surface area contributed by atoms with E-state index < -0.39 is 0 Å². The zero-order valence-corrected chi connectivity index (χ0v) is 15.1. The van der Waals surface area contributed by atoms with Gasteiger partial charge in [0.1, 0.15) is 5.75 Å². The summed E-state index contributed by atoms with van der Waals surface area (Å²) in [5.74, 6) is 0.858. The Morgan fingerprint density at radius 2 is 1.79 bits per heavy atom. The standard InChI is InChI=1S/C21H27NO2/c1-21(2,3)18-12-10-17(11-13-18)20(23)22-14-6-8-16-7-5-9-19(15-16)24-4/h5,7,9-13,15H,6,8,14H2,1-4H3,(H,22,23). The lowest BCUT2D eigenvalue weighted by atomic mass is 9.87. The Labute approximate surface area is 145 Å². The van der Waals surface area contributed by atoms with Gasteiger partial charge in [-0.25, -0.2) is 0 Å². The summed E-state index contributed by atoms with van der Waals surface area (Å²) >= 11 is 0. The molecule has 0 heterocycles. The van der Waals surface area contributed by atoms with Crippen LogP contribution in [-0.4, -0.2) is 19.6 Å². The van der Waals surface area contributed by atoms with Crippen molar-refractivity contribution in [2.45, 2.75) is 39.0 Å². The lowest BCUT2D eigenvalue weighted by Crippen LogP contribution is -2.25. The molecule has 0 fully saturated rings. The summed E-state index contributed by atoms with van der Waals surface area (Å²) in [6.07, 6.45) is 1.82. The summed E-state index contributed by atoms with van der Waals surface area (Å²) in [7, 11) is 1.67. The van der Waals surface area contributed by atoms with Crippen LogP contribution in [-0.2, 0) is 11.8 Å². The van der Waals surface area contributed by atoms with Gasteiger partial charge in [-0.15, -0.1) is 0 Å². The first kappa shape index (κ1) is 18.1. The lowest BCUT2D eigenvalue weighted by molar-refractivity contribution is 0.0953. The molecule has 0 aromatic heterocycles. The minimum Gasteiger partial charge on any atom is -0.497 e. The van der Waals surface area contributed by atoms with Crippen LogP contribution < -0.4 is 10.1 Å². The van der Waals surface area contributed by atoms with Crippen molar-refractivity contribution in [2.24, 2.45) is 0 Å². The summed E-state index contributed by atoms with van der Waals surface area (Å²) < 4.78 is 5.22. The zero-order valence-electron chi connectivity index (χ0n) is 15.1. The van der Waals surface area contributed by atoms with Crippen LogP contribution in [0.3, 0.4) is 0 Å². The van der Waals surface area contributed by atoms with Crippen LogP contribution in [0, 0.1) is 0 Å². The molecule has 128 valence electrons. The normalized spacial score (nSPS) is 11.2. The van der Waals surface area contributed by atoms with Gasteiger partial charge in [0.2, 0.25) is 0 Å².